The number of carbonyl (C=O) groups excluding carboxylic acids is 1. The molecule has 5 nitrogen and oxygen atoms in total. The molecule has 0 aliphatic heterocycles. The standard InChI is InChI=1S/C17H19NO4/c1-3-22-15-9-6-13(11-16(15)21-2)18-17(20)10-12-4-7-14(19)8-5-12/h4-9,11,19H,3,10H2,1-2H3,(H,18,20). The molecule has 2 rings (SSSR count). The van der Waals surface area contributed by atoms with Crippen LogP contribution in [0.15, 0.2) is 42.5 Å². The van der Waals surface area contributed by atoms with Gasteiger partial charge in [0, 0.05) is 11.8 Å². The van der Waals surface area contributed by atoms with Crippen LogP contribution in [-0.2, 0) is 11.2 Å². The zero-order valence-electron chi connectivity index (χ0n) is 12.6. The maximum Gasteiger partial charge on any atom is 0.228 e. The number of hydrogen-bond donors (Lipinski definition) is 2. The molecule has 116 valence electrons. The summed E-state index contributed by atoms with van der Waals surface area (Å²) < 4.78 is 10.7. The van der Waals surface area contributed by atoms with Crippen molar-refractivity contribution in [3.8, 4) is 17.2 Å². The summed E-state index contributed by atoms with van der Waals surface area (Å²) >= 11 is 0. The van der Waals surface area contributed by atoms with Crippen LogP contribution in [0.1, 0.15) is 12.5 Å². The van der Waals surface area contributed by atoms with E-state index in [-0.39, 0.29) is 18.1 Å². The monoisotopic (exact) mass is 301 g/mol. The molecule has 0 aliphatic carbocycles. The number of benzene rings is 2. The molecule has 1 amide bonds. The van der Waals surface area contributed by atoms with Gasteiger partial charge in [-0.3, -0.25) is 4.79 Å². The first-order valence-electron chi connectivity index (χ1n) is 7.01. The number of phenolic OH excluding ortho intramolecular Hbond substituents is 1. The van der Waals surface area contributed by atoms with Gasteiger partial charge in [0.15, 0.2) is 11.5 Å². The Hall–Kier alpha value is -2.69. The second-order valence-corrected chi connectivity index (χ2v) is 4.69. The van der Waals surface area contributed by atoms with Gasteiger partial charge >= 0.3 is 0 Å². The average Bonchev–Trinajstić information content (AvgIpc) is 2.51. The summed E-state index contributed by atoms with van der Waals surface area (Å²) in [4.78, 5) is 12.0. The lowest BCUT2D eigenvalue weighted by Gasteiger charge is -2.11. The molecule has 2 aromatic carbocycles. The van der Waals surface area contributed by atoms with Crippen LogP contribution in [0, 0.1) is 0 Å². The minimum absolute atomic E-state index is 0.142. The number of nitrogens with one attached hydrogen (secondary N) is 1. The second kappa shape index (κ2) is 7.36. The van der Waals surface area contributed by atoms with Crippen molar-refractivity contribution in [3.63, 3.8) is 0 Å². The van der Waals surface area contributed by atoms with Crippen molar-refractivity contribution < 1.29 is 19.4 Å². The Balaban J connectivity index is 2.03. The molecule has 0 radical (unpaired) electrons. The predicted octanol–water partition coefficient (Wildman–Crippen LogP) is 2.98. The van der Waals surface area contributed by atoms with E-state index in [1.165, 1.54) is 0 Å². The van der Waals surface area contributed by atoms with Gasteiger partial charge in [0.1, 0.15) is 5.75 Å². The first kappa shape index (κ1) is 15.7. The largest absolute Gasteiger partial charge is 0.508 e. The molecule has 22 heavy (non-hydrogen) atoms. The van der Waals surface area contributed by atoms with Crippen LogP contribution in [0.25, 0.3) is 0 Å². The normalized spacial score (nSPS) is 10.1. The van der Waals surface area contributed by atoms with Crippen LogP contribution in [-0.4, -0.2) is 24.7 Å². The molecule has 2 aromatic rings. The summed E-state index contributed by atoms with van der Waals surface area (Å²) in [6.07, 6.45) is 0.232. The molecule has 0 atom stereocenters. The minimum atomic E-state index is -0.142. The maximum atomic E-state index is 12.0. The van der Waals surface area contributed by atoms with Gasteiger partial charge in [-0.15, -0.1) is 0 Å². The van der Waals surface area contributed by atoms with Crippen molar-refractivity contribution in [1.29, 1.82) is 0 Å². The van der Waals surface area contributed by atoms with Crippen molar-refractivity contribution >= 4 is 11.6 Å². The minimum Gasteiger partial charge on any atom is -0.508 e. The number of ether oxygens (including phenoxy) is 2. The lowest BCUT2D eigenvalue weighted by Crippen LogP contribution is -2.14. The van der Waals surface area contributed by atoms with E-state index in [0.717, 1.165) is 5.56 Å². The number of amides is 1. The van der Waals surface area contributed by atoms with Crippen molar-refractivity contribution in [3.05, 3.63) is 48.0 Å². The van der Waals surface area contributed by atoms with E-state index in [1.54, 1.807) is 49.6 Å². The van der Waals surface area contributed by atoms with Gasteiger partial charge < -0.3 is 19.9 Å². The molecule has 0 bridgehead atoms. The van der Waals surface area contributed by atoms with E-state index in [9.17, 15) is 9.90 Å². The van der Waals surface area contributed by atoms with Gasteiger partial charge in [0.25, 0.3) is 0 Å². The highest BCUT2D eigenvalue weighted by Crippen LogP contribution is 2.30. The van der Waals surface area contributed by atoms with E-state index in [2.05, 4.69) is 5.32 Å². The Kier molecular flexibility index (Phi) is 5.25. The molecule has 0 aromatic heterocycles. The molecule has 2 N–H and O–H groups in total. The molecule has 5 heteroatoms. The Bertz CT molecular complexity index is 638. The van der Waals surface area contributed by atoms with Crippen LogP contribution >= 0.6 is 0 Å². The molecule has 0 aliphatic rings. The van der Waals surface area contributed by atoms with Gasteiger partial charge in [0.2, 0.25) is 5.91 Å². The van der Waals surface area contributed by atoms with Crippen LogP contribution in [0.2, 0.25) is 0 Å². The number of phenols is 1. The quantitative estimate of drug-likeness (QED) is 0.860. The Morgan fingerprint density at radius 1 is 1.14 bits per heavy atom. The molecular weight excluding hydrogens is 282 g/mol. The van der Waals surface area contributed by atoms with Crippen LogP contribution in [0.4, 0.5) is 5.69 Å². The van der Waals surface area contributed by atoms with Gasteiger partial charge in [-0.25, -0.2) is 0 Å². The third-order valence-corrected chi connectivity index (χ3v) is 3.05. The lowest BCUT2D eigenvalue weighted by molar-refractivity contribution is -0.115. The van der Waals surface area contributed by atoms with Crippen LogP contribution in [0.3, 0.4) is 0 Å². The third-order valence-electron chi connectivity index (χ3n) is 3.05. The van der Waals surface area contributed by atoms with Crippen molar-refractivity contribution in [2.75, 3.05) is 19.0 Å². The predicted molar refractivity (Wildman–Crippen MR) is 84.6 cm³/mol. The zero-order chi connectivity index (χ0) is 15.9. The molecular formula is C17H19NO4. The average molecular weight is 301 g/mol. The number of hydrogen-bond acceptors (Lipinski definition) is 4. The first-order valence-corrected chi connectivity index (χ1v) is 7.01. The Morgan fingerprint density at radius 2 is 1.86 bits per heavy atom. The highest BCUT2D eigenvalue weighted by Gasteiger charge is 2.08. The van der Waals surface area contributed by atoms with Crippen molar-refractivity contribution in [2.45, 2.75) is 13.3 Å². The molecule has 0 saturated heterocycles. The zero-order valence-corrected chi connectivity index (χ0v) is 12.6. The molecule has 0 saturated carbocycles. The van der Waals surface area contributed by atoms with Crippen LogP contribution in [0.5, 0.6) is 17.2 Å². The first-order chi connectivity index (χ1) is 10.6. The molecule has 0 unspecified atom stereocenters. The maximum absolute atomic E-state index is 12.0. The topological polar surface area (TPSA) is 67.8 Å². The lowest BCUT2D eigenvalue weighted by atomic mass is 10.1. The smallest absolute Gasteiger partial charge is 0.228 e. The summed E-state index contributed by atoms with van der Waals surface area (Å²) in [7, 11) is 1.56. The summed E-state index contributed by atoms with van der Waals surface area (Å²) in [5.41, 5.74) is 1.47. The second-order valence-electron chi connectivity index (χ2n) is 4.69. The number of carbonyl (C=O) groups is 1. The SMILES string of the molecule is CCOc1ccc(NC(=O)Cc2ccc(O)cc2)cc1OC. The van der Waals surface area contributed by atoms with Crippen LogP contribution < -0.4 is 14.8 Å². The number of aromatic hydroxyl groups is 1. The fourth-order valence-electron chi connectivity index (χ4n) is 2.02. The van der Waals surface area contributed by atoms with E-state index in [0.29, 0.717) is 23.8 Å². The Labute approximate surface area is 129 Å². The number of anilines is 1. The van der Waals surface area contributed by atoms with Gasteiger partial charge in [-0.1, -0.05) is 12.1 Å². The highest BCUT2D eigenvalue weighted by atomic mass is 16.5. The summed E-state index contributed by atoms with van der Waals surface area (Å²) in [5.74, 6) is 1.25. The Morgan fingerprint density at radius 3 is 2.50 bits per heavy atom. The van der Waals surface area contributed by atoms with E-state index in [4.69, 9.17) is 9.47 Å². The van der Waals surface area contributed by atoms with E-state index in [1.807, 2.05) is 6.92 Å². The van der Waals surface area contributed by atoms with Gasteiger partial charge in [-0.2, -0.15) is 0 Å². The molecule has 0 fully saturated rings. The number of methoxy groups -OCH3 is 1. The van der Waals surface area contributed by atoms with Crippen molar-refractivity contribution in [1.82, 2.24) is 0 Å². The fraction of sp³-hybridized carbons (Fsp3) is 0.235. The highest BCUT2D eigenvalue weighted by molar-refractivity contribution is 5.92. The molecule has 0 heterocycles. The van der Waals surface area contributed by atoms with Gasteiger partial charge in [0.05, 0.1) is 20.1 Å². The fourth-order valence-corrected chi connectivity index (χ4v) is 2.02. The van der Waals surface area contributed by atoms with Crippen molar-refractivity contribution in [2.24, 2.45) is 0 Å². The van der Waals surface area contributed by atoms with Gasteiger partial charge in [-0.05, 0) is 36.8 Å². The van der Waals surface area contributed by atoms with E-state index >= 15 is 0 Å². The summed E-state index contributed by atoms with van der Waals surface area (Å²) in [5, 5.41) is 12.0. The summed E-state index contributed by atoms with van der Waals surface area (Å²) in [6, 6.07) is 11.8. The third kappa shape index (κ3) is 4.15. The number of rotatable bonds is 6. The van der Waals surface area contributed by atoms with E-state index < -0.39 is 0 Å². The molecule has 0 spiro atoms. The summed E-state index contributed by atoms with van der Waals surface area (Å²) in [6.45, 7) is 2.44.